The SMILES string of the molecule is O=C(Cl)c1cc(F)ccc1CCl. The molecule has 0 amide bonds. The Morgan fingerprint density at radius 2 is 2.17 bits per heavy atom. The summed E-state index contributed by atoms with van der Waals surface area (Å²) in [4.78, 5) is 10.7. The summed E-state index contributed by atoms with van der Waals surface area (Å²) in [7, 11) is 0. The van der Waals surface area contributed by atoms with E-state index in [4.69, 9.17) is 23.2 Å². The molecule has 0 saturated carbocycles. The van der Waals surface area contributed by atoms with Gasteiger partial charge >= 0.3 is 0 Å². The first-order chi connectivity index (χ1) is 5.65. The fraction of sp³-hybridized carbons (Fsp3) is 0.125. The van der Waals surface area contributed by atoms with E-state index in [9.17, 15) is 9.18 Å². The predicted molar refractivity (Wildman–Crippen MR) is 46.1 cm³/mol. The maximum absolute atomic E-state index is 12.6. The second kappa shape index (κ2) is 3.87. The fourth-order valence-corrected chi connectivity index (χ4v) is 1.26. The van der Waals surface area contributed by atoms with E-state index in [1.165, 1.54) is 12.1 Å². The first-order valence-corrected chi connectivity index (χ1v) is 4.10. The monoisotopic (exact) mass is 206 g/mol. The van der Waals surface area contributed by atoms with Gasteiger partial charge in [-0.05, 0) is 29.3 Å². The molecule has 4 heteroatoms. The molecule has 1 aromatic carbocycles. The Morgan fingerprint density at radius 1 is 1.50 bits per heavy atom. The Balaban J connectivity index is 3.21. The van der Waals surface area contributed by atoms with Gasteiger partial charge in [0.2, 0.25) is 0 Å². The quantitative estimate of drug-likeness (QED) is 0.538. The van der Waals surface area contributed by atoms with E-state index in [1.807, 2.05) is 0 Å². The molecule has 64 valence electrons. The van der Waals surface area contributed by atoms with Crippen LogP contribution in [0, 0.1) is 5.82 Å². The molecule has 0 aromatic heterocycles. The van der Waals surface area contributed by atoms with Crippen molar-refractivity contribution in [3.8, 4) is 0 Å². The van der Waals surface area contributed by atoms with Gasteiger partial charge in [-0.3, -0.25) is 4.79 Å². The van der Waals surface area contributed by atoms with E-state index in [0.29, 0.717) is 5.56 Å². The van der Waals surface area contributed by atoms with Gasteiger partial charge in [0.1, 0.15) is 5.82 Å². The summed E-state index contributed by atoms with van der Waals surface area (Å²) in [5, 5.41) is -0.690. The van der Waals surface area contributed by atoms with Crippen LogP contribution in [0.3, 0.4) is 0 Å². The molecular formula is C8H5Cl2FO. The van der Waals surface area contributed by atoms with Crippen LogP contribution in [-0.2, 0) is 5.88 Å². The molecule has 0 atom stereocenters. The Bertz CT molecular complexity index is 312. The highest BCUT2D eigenvalue weighted by molar-refractivity contribution is 6.68. The molecular weight excluding hydrogens is 202 g/mol. The van der Waals surface area contributed by atoms with Crippen LogP contribution in [0.25, 0.3) is 0 Å². The number of carbonyl (C=O) groups excluding carboxylic acids is 1. The van der Waals surface area contributed by atoms with Gasteiger partial charge in [-0.2, -0.15) is 0 Å². The maximum atomic E-state index is 12.6. The molecule has 0 heterocycles. The van der Waals surface area contributed by atoms with Crippen molar-refractivity contribution < 1.29 is 9.18 Å². The summed E-state index contributed by atoms with van der Waals surface area (Å²) in [6.45, 7) is 0. The first kappa shape index (κ1) is 9.49. The second-order valence-electron chi connectivity index (χ2n) is 2.21. The topological polar surface area (TPSA) is 17.1 Å². The van der Waals surface area contributed by atoms with Gasteiger partial charge in [0.05, 0.1) is 0 Å². The van der Waals surface area contributed by atoms with Crippen LogP contribution in [0.1, 0.15) is 15.9 Å². The molecule has 1 aromatic rings. The second-order valence-corrected chi connectivity index (χ2v) is 2.82. The minimum absolute atomic E-state index is 0.131. The molecule has 0 N–H and O–H groups in total. The summed E-state index contributed by atoms with van der Waals surface area (Å²) in [5.74, 6) is -0.346. The normalized spacial score (nSPS) is 9.92. The molecule has 0 aliphatic heterocycles. The molecule has 0 spiro atoms. The van der Waals surface area contributed by atoms with Crippen molar-refractivity contribution in [2.75, 3.05) is 0 Å². The number of benzene rings is 1. The highest BCUT2D eigenvalue weighted by atomic mass is 35.5. The van der Waals surface area contributed by atoms with Crippen molar-refractivity contribution in [2.45, 2.75) is 5.88 Å². The van der Waals surface area contributed by atoms with Gasteiger partial charge in [-0.1, -0.05) is 6.07 Å². The van der Waals surface area contributed by atoms with E-state index in [1.54, 1.807) is 0 Å². The lowest BCUT2D eigenvalue weighted by molar-refractivity contribution is 0.108. The zero-order valence-corrected chi connectivity index (χ0v) is 7.49. The number of alkyl halides is 1. The molecule has 12 heavy (non-hydrogen) atoms. The van der Waals surface area contributed by atoms with Crippen LogP contribution in [0.4, 0.5) is 4.39 Å². The van der Waals surface area contributed by atoms with Crippen molar-refractivity contribution in [1.29, 1.82) is 0 Å². The summed E-state index contributed by atoms with van der Waals surface area (Å²) in [6, 6.07) is 3.76. The summed E-state index contributed by atoms with van der Waals surface area (Å²) >= 11 is 10.7. The lowest BCUT2D eigenvalue weighted by atomic mass is 10.1. The smallest absolute Gasteiger partial charge is 0.252 e. The van der Waals surface area contributed by atoms with Crippen LogP contribution in [0.15, 0.2) is 18.2 Å². The third-order valence-corrected chi connectivity index (χ3v) is 1.92. The third kappa shape index (κ3) is 1.96. The molecule has 0 aliphatic rings. The minimum atomic E-state index is -0.690. The maximum Gasteiger partial charge on any atom is 0.252 e. The summed E-state index contributed by atoms with van der Waals surface area (Å²) < 4.78 is 12.6. The molecule has 1 rings (SSSR count). The van der Waals surface area contributed by atoms with Gasteiger partial charge in [-0.25, -0.2) is 4.39 Å². The average Bonchev–Trinajstić information content (AvgIpc) is 2.04. The van der Waals surface area contributed by atoms with Crippen molar-refractivity contribution in [2.24, 2.45) is 0 Å². The summed E-state index contributed by atoms with van der Waals surface area (Å²) in [5.41, 5.74) is 0.671. The molecule has 0 saturated heterocycles. The van der Waals surface area contributed by atoms with Crippen molar-refractivity contribution in [3.63, 3.8) is 0 Å². The number of halogens is 3. The molecule has 0 fully saturated rings. The van der Waals surface area contributed by atoms with E-state index in [-0.39, 0.29) is 11.4 Å². The molecule has 1 nitrogen and oxygen atoms in total. The molecule has 0 unspecified atom stereocenters. The van der Waals surface area contributed by atoms with E-state index >= 15 is 0 Å². The number of rotatable bonds is 2. The van der Waals surface area contributed by atoms with E-state index in [0.717, 1.165) is 6.07 Å². The predicted octanol–water partition coefficient (Wildman–Crippen LogP) is 2.94. The van der Waals surface area contributed by atoms with Gasteiger partial charge in [0.15, 0.2) is 0 Å². The van der Waals surface area contributed by atoms with E-state index in [2.05, 4.69) is 0 Å². The summed E-state index contributed by atoms with van der Waals surface area (Å²) in [6.07, 6.45) is 0. The van der Waals surface area contributed by atoms with Crippen molar-refractivity contribution in [3.05, 3.63) is 35.1 Å². The third-order valence-electron chi connectivity index (χ3n) is 1.43. The Hall–Kier alpha value is -0.600. The minimum Gasteiger partial charge on any atom is -0.276 e. The van der Waals surface area contributed by atoms with Crippen molar-refractivity contribution in [1.82, 2.24) is 0 Å². The zero-order chi connectivity index (χ0) is 9.14. The van der Waals surface area contributed by atoms with Crippen LogP contribution in [-0.4, -0.2) is 5.24 Å². The van der Waals surface area contributed by atoms with Crippen LogP contribution in [0.5, 0.6) is 0 Å². The Morgan fingerprint density at radius 3 is 2.67 bits per heavy atom. The average molecular weight is 207 g/mol. The highest BCUT2D eigenvalue weighted by Gasteiger charge is 2.08. The van der Waals surface area contributed by atoms with Crippen LogP contribution < -0.4 is 0 Å². The first-order valence-electron chi connectivity index (χ1n) is 3.19. The molecule has 0 aliphatic carbocycles. The zero-order valence-electron chi connectivity index (χ0n) is 5.98. The number of hydrogen-bond donors (Lipinski definition) is 0. The standard InChI is InChI=1S/C8H5Cl2FO/c9-4-5-1-2-6(11)3-7(5)8(10)12/h1-3H,4H2. The van der Waals surface area contributed by atoms with Gasteiger partial charge in [-0.15, -0.1) is 11.6 Å². The van der Waals surface area contributed by atoms with Gasteiger partial charge in [0.25, 0.3) is 5.24 Å². The molecule has 0 radical (unpaired) electrons. The van der Waals surface area contributed by atoms with Crippen LogP contribution >= 0.6 is 23.2 Å². The highest BCUT2D eigenvalue weighted by Crippen LogP contribution is 2.15. The lowest BCUT2D eigenvalue weighted by Crippen LogP contribution is -1.96. The number of hydrogen-bond acceptors (Lipinski definition) is 1. The number of carbonyl (C=O) groups is 1. The molecule has 0 bridgehead atoms. The van der Waals surface area contributed by atoms with Crippen LogP contribution in [0.2, 0.25) is 0 Å². The largest absolute Gasteiger partial charge is 0.276 e. The van der Waals surface area contributed by atoms with Gasteiger partial charge < -0.3 is 0 Å². The van der Waals surface area contributed by atoms with Gasteiger partial charge in [0, 0.05) is 11.4 Å². The fourth-order valence-electron chi connectivity index (χ4n) is 0.848. The Labute approximate surface area is 79.1 Å². The Kier molecular flexibility index (Phi) is 3.06. The lowest BCUT2D eigenvalue weighted by Gasteiger charge is -2.00. The van der Waals surface area contributed by atoms with Crippen molar-refractivity contribution >= 4 is 28.4 Å². The van der Waals surface area contributed by atoms with E-state index < -0.39 is 11.1 Å².